The third kappa shape index (κ3) is 3.64. The average Bonchev–Trinajstić information content (AvgIpc) is 2.70. The lowest BCUT2D eigenvalue weighted by Crippen LogP contribution is -2.35. The van der Waals surface area contributed by atoms with Crippen molar-refractivity contribution in [3.8, 4) is 0 Å². The topological polar surface area (TPSA) is 66.5 Å². The highest BCUT2D eigenvalue weighted by Crippen LogP contribution is 2.12. The van der Waals surface area contributed by atoms with Crippen LogP contribution in [0.1, 0.15) is 12.8 Å². The van der Waals surface area contributed by atoms with Crippen molar-refractivity contribution in [2.75, 3.05) is 25.4 Å². The first-order chi connectivity index (χ1) is 7.06. The number of carbonyl (C=O) groups is 1. The molecule has 0 aliphatic carbocycles. The highest BCUT2D eigenvalue weighted by atomic mass is 32.2. The zero-order valence-electron chi connectivity index (χ0n) is 8.61. The number of rotatable bonds is 5. The molecule has 0 unspecified atom stereocenters. The molecule has 0 aromatic carbocycles. The second kappa shape index (κ2) is 5.27. The quantitative estimate of drug-likeness (QED) is 0.663. The number of sulfonamides is 1. The van der Waals surface area contributed by atoms with Crippen LogP contribution >= 0.6 is 0 Å². The van der Waals surface area contributed by atoms with Gasteiger partial charge in [0.25, 0.3) is 0 Å². The molecule has 1 aliphatic rings. The van der Waals surface area contributed by atoms with Crippen LogP contribution in [-0.2, 0) is 14.8 Å². The summed E-state index contributed by atoms with van der Waals surface area (Å²) < 4.78 is 24.8. The maximum Gasteiger partial charge on any atom is 0.243 e. The summed E-state index contributed by atoms with van der Waals surface area (Å²) >= 11 is 0. The number of amides is 1. The first-order valence-corrected chi connectivity index (χ1v) is 6.55. The summed E-state index contributed by atoms with van der Waals surface area (Å²) in [5, 5.41) is 2.45. The lowest BCUT2D eigenvalue weighted by atomic mass is 10.4. The van der Waals surface area contributed by atoms with E-state index in [2.05, 4.69) is 11.9 Å². The molecule has 1 heterocycles. The van der Waals surface area contributed by atoms with Crippen molar-refractivity contribution in [3.63, 3.8) is 0 Å². The van der Waals surface area contributed by atoms with Gasteiger partial charge in [0.2, 0.25) is 15.9 Å². The predicted octanol–water partition coefficient (Wildman–Crippen LogP) is -0.286. The molecule has 0 radical (unpaired) electrons. The zero-order valence-corrected chi connectivity index (χ0v) is 9.42. The summed E-state index contributed by atoms with van der Waals surface area (Å²) in [6.07, 6.45) is 2.99. The lowest BCUT2D eigenvalue weighted by Gasteiger charge is -2.15. The SMILES string of the molecule is C=CC(=O)NCCS(=O)(=O)N1CCCC1. The molecule has 15 heavy (non-hydrogen) atoms. The molecular formula is C9H16N2O3S. The molecule has 1 amide bonds. The number of carbonyl (C=O) groups excluding carboxylic acids is 1. The third-order valence-corrected chi connectivity index (χ3v) is 4.18. The largest absolute Gasteiger partial charge is 0.351 e. The van der Waals surface area contributed by atoms with Crippen LogP contribution < -0.4 is 5.32 Å². The Morgan fingerprint density at radius 1 is 1.40 bits per heavy atom. The molecular weight excluding hydrogens is 216 g/mol. The average molecular weight is 232 g/mol. The van der Waals surface area contributed by atoms with Crippen molar-refractivity contribution in [2.24, 2.45) is 0 Å². The first kappa shape index (κ1) is 12.2. The van der Waals surface area contributed by atoms with E-state index in [0.717, 1.165) is 18.9 Å². The third-order valence-electron chi connectivity index (χ3n) is 2.30. The molecule has 0 aromatic rings. The Bertz CT molecular complexity index is 331. The zero-order chi connectivity index (χ0) is 11.3. The van der Waals surface area contributed by atoms with E-state index in [1.807, 2.05) is 0 Å². The summed E-state index contributed by atoms with van der Waals surface area (Å²) in [5.74, 6) is -0.376. The van der Waals surface area contributed by atoms with Crippen LogP contribution in [0.3, 0.4) is 0 Å². The van der Waals surface area contributed by atoms with Gasteiger partial charge in [-0.2, -0.15) is 0 Å². The predicted molar refractivity (Wildman–Crippen MR) is 57.8 cm³/mol. The standard InChI is InChI=1S/C9H16N2O3S/c1-2-9(12)10-5-8-15(13,14)11-6-3-4-7-11/h2H,1,3-8H2,(H,10,12). The van der Waals surface area contributed by atoms with E-state index in [1.54, 1.807) is 0 Å². The number of hydrogen-bond acceptors (Lipinski definition) is 3. The fourth-order valence-electron chi connectivity index (χ4n) is 1.47. The van der Waals surface area contributed by atoms with Crippen molar-refractivity contribution < 1.29 is 13.2 Å². The van der Waals surface area contributed by atoms with E-state index >= 15 is 0 Å². The Balaban J connectivity index is 2.36. The van der Waals surface area contributed by atoms with Crippen molar-refractivity contribution in [2.45, 2.75) is 12.8 Å². The lowest BCUT2D eigenvalue weighted by molar-refractivity contribution is -0.116. The van der Waals surface area contributed by atoms with E-state index in [4.69, 9.17) is 0 Å². The summed E-state index contributed by atoms with van der Waals surface area (Å²) in [6.45, 7) is 4.64. The maximum absolute atomic E-state index is 11.7. The van der Waals surface area contributed by atoms with Crippen LogP contribution in [-0.4, -0.2) is 44.0 Å². The van der Waals surface area contributed by atoms with Crippen LogP contribution in [0.2, 0.25) is 0 Å². The van der Waals surface area contributed by atoms with Crippen molar-refractivity contribution >= 4 is 15.9 Å². The van der Waals surface area contributed by atoms with E-state index in [0.29, 0.717) is 13.1 Å². The summed E-state index contributed by atoms with van der Waals surface area (Å²) in [7, 11) is -3.18. The Kier molecular flexibility index (Phi) is 4.28. The summed E-state index contributed by atoms with van der Waals surface area (Å²) in [4.78, 5) is 10.8. The first-order valence-electron chi connectivity index (χ1n) is 4.94. The smallest absolute Gasteiger partial charge is 0.243 e. The van der Waals surface area contributed by atoms with Gasteiger partial charge in [-0.3, -0.25) is 4.79 Å². The molecule has 0 spiro atoms. The van der Waals surface area contributed by atoms with E-state index in [1.165, 1.54) is 4.31 Å². The van der Waals surface area contributed by atoms with Gasteiger partial charge in [-0.15, -0.1) is 0 Å². The Morgan fingerprint density at radius 3 is 2.53 bits per heavy atom. The highest BCUT2D eigenvalue weighted by molar-refractivity contribution is 7.89. The Hall–Kier alpha value is -0.880. The van der Waals surface area contributed by atoms with Gasteiger partial charge in [-0.25, -0.2) is 12.7 Å². The van der Waals surface area contributed by atoms with E-state index in [9.17, 15) is 13.2 Å². The molecule has 1 rings (SSSR count). The van der Waals surface area contributed by atoms with Crippen LogP contribution in [0.5, 0.6) is 0 Å². The monoisotopic (exact) mass is 232 g/mol. The molecule has 0 atom stereocenters. The molecule has 1 fully saturated rings. The van der Waals surface area contributed by atoms with Crippen molar-refractivity contribution in [1.82, 2.24) is 9.62 Å². The van der Waals surface area contributed by atoms with Gasteiger partial charge in [0, 0.05) is 19.6 Å². The highest BCUT2D eigenvalue weighted by Gasteiger charge is 2.24. The van der Waals surface area contributed by atoms with Crippen molar-refractivity contribution in [3.05, 3.63) is 12.7 Å². The molecule has 1 saturated heterocycles. The van der Waals surface area contributed by atoms with Crippen LogP contribution in [0.15, 0.2) is 12.7 Å². The van der Waals surface area contributed by atoms with Crippen LogP contribution in [0.4, 0.5) is 0 Å². The maximum atomic E-state index is 11.7. The minimum atomic E-state index is -3.18. The Labute approximate surface area is 90.2 Å². The number of nitrogens with zero attached hydrogens (tertiary/aromatic N) is 1. The summed E-state index contributed by atoms with van der Waals surface area (Å²) in [6, 6.07) is 0. The number of nitrogens with one attached hydrogen (secondary N) is 1. The summed E-state index contributed by atoms with van der Waals surface area (Å²) in [5.41, 5.74) is 0. The number of hydrogen-bond donors (Lipinski definition) is 1. The van der Waals surface area contributed by atoms with Gasteiger partial charge >= 0.3 is 0 Å². The van der Waals surface area contributed by atoms with Gasteiger partial charge in [-0.05, 0) is 18.9 Å². The fourth-order valence-corrected chi connectivity index (χ4v) is 2.90. The molecule has 1 N–H and O–H groups in total. The molecule has 0 saturated carbocycles. The molecule has 0 bridgehead atoms. The molecule has 6 heteroatoms. The second-order valence-corrected chi connectivity index (χ2v) is 5.51. The Morgan fingerprint density at radius 2 is 2.00 bits per heavy atom. The van der Waals surface area contributed by atoms with Crippen LogP contribution in [0.25, 0.3) is 0 Å². The van der Waals surface area contributed by atoms with Gasteiger partial charge in [0.15, 0.2) is 0 Å². The molecule has 0 aromatic heterocycles. The minimum Gasteiger partial charge on any atom is -0.351 e. The van der Waals surface area contributed by atoms with Gasteiger partial charge in [0.1, 0.15) is 0 Å². The van der Waals surface area contributed by atoms with E-state index in [-0.39, 0.29) is 18.2 Å². The van der Waals surface area contributed by atoms with Crippen molar-refractivity contribution in [1.29, 1.82) is 0 Å². The minimum absolute atomic E-state index is 0.0351. The second-order valence-electron chi connectivity index (χ2n) is 3.42. The molecule has 86 valence electrons. The van der Waals surface area contributed by atoms with Gasteiger partial charge < -0.3 is 5.32 Å². The van der Waals surface area contributed by atoms with Crippen LogP contribution in [0, 0.1) is 0 Å². The van der Waals surface area contributed by atoms with E-state index < -0.39 is 10.0 Å². The van der Waals surface area contributed by atoms with Gasteiger partial charge in [0.05, 0.1) is 5.75 Å². The molecule has 1 aliphatic heterocycles. The fraction of sp³-hybridized carbons (Fsp3) is 0.667. The normalized spacial score (nSPS) is 17.6. The van der Waals surface area contributed by atoms with Gasteiger partial charge in [-0.1, -0.05) is 6.58 Å². The molecule has 5 nitrogen and oxygen atoms in total.